The smallest absolute Gasteiger partial charge is 0.243 e. The van der Waals surface area contributed by atoms with Crippen molar-refractivity contribution < 1.29 is 17.9 Å². The molecule has 1 saturated heterocycles. The Kier molecular flexibility index (Phi) is 5.94. The molecular formula is C21H25N5O4S. The molecule has 2 aromatic carbocycles. The van der Waals surface area contributed by atoms with Crippen LogP contribution in [-0.4, -0.2) is 66.8 Å². The lowest BCUT2D eigenvalue weighted by Crippen LogP contribution is -2.48. The first-order valence-electron chi connectivity index (χ1n) is 9.98. The van der Waals surface area contributed by atoms with Crippen molar-refractivity contribution in [2.45, 2.75) is 18.4 Å². The van der Waals surface area contributed by atoms with Crippen molar-refractivity contribution in [3.8, 4) is 5.75 Å². The van der Waals surface area contributed by atoms with Crippen LogP contribution in [0.2, 0.25) is 0 Å². The van der Waals surface area contributed by atoms with Crippen LogP contribution in [0.3, 0.4) is 0 Å². The first kappa shape index (κ1) is 21.3. The van der Waals surface area contributed by atoms with Gasteiger partial charge < -0.3 is 15.0 Å². The summed E-state index contributed by atoms with van der Waals surface area (Å²) in [6.07, 6.45) is 0. The molecule has 0 unspecified atom stereocenters. The van der Waals surface area contributed by atoms with Gasteiger partial charge in [0, 0.05) is 44.9 Å². The summed E-state index contributed by atoms with van der Waals surface area (Å²) in [7, 11) is -1.95. The molecule has 164 valence electrons. The molecule has 0 radical (unpaired) electrons. The summed E-state index contributed by atoms with van der Waals surface area (Å²) in [5.74, 6) is 1.41. The number of anilines is 1. The van der Waals surface area contributed by atoms with Gasteiger partial charge in [0.25, 0.3) is 0 Å². The number of amides is 1. The Labute approximate surface area is 181 Å². The van der Waals surface area contributed by atoms with Crippen LogP contribution in [0.5, 0.6) is 5.75 Å². The molecule has 2 heterocycles. The Bertz CT molecular complexity index is 1180. The number of nitrogens with one attached hydrogen (secondary N) is 2. The average molecular weight is 444 g/mol. The molecule has 1 amide bonds. The van der Waals surface area contributed by atoms with E-state index in [0.29, 0.717) is 38.4 Å². The third-order valence-corrected chi connectivity index (χ3v) is 7.17. The maximum absolute atomic E-state index is 13.0. The minimum atomic E-state index is -3.58. The van der Waals surface area contributed by atoms with E-state index in [1.54, 1.807) is 19.2 Å². The van der Waals surface area contributed by atoms with Crippen molar-refractivity contribution in [3.05, 3.63) is 48.3 Å². The first-order valence-corrected chi connectivity index (χ1v) is 11.4. The zero-order chi connectivity index (χ0) is 22.0. The lowest BCUT2D eigenvalue weighted by Gasteiger charge is -2.33. The number of carbonyl (C=O) groups excluding carboxylic acids is 1. The molecule has 0 atom stereocenters. The fourth-order valence-corrected chi connectivity index (χ4v) is 5.07. The zero-order valence-electron chi connectivity index (χ0n) is 17.5. The number of benzene rings is 2. The summed E-state index contributed by atoms with van der Waals surface area (Å²) in [6.45, 7) is 4.07. The van der Waals surface area contributed by atoms with Gasteiger partial charge in [0.2, 0.25) is 15.9 Å². The maximum Gasteiger partial charge on any atom is 0.243 e. The summed E-state index contributed by atoms with van der Waals surface area (Å²) >= 11 is 0. The highest BCUT2D eigenvalue weighted by Gasteiger charge is 2.28. The second-order valence-electron chi connectivity index (χ2n) is 7.45. The number of imidazole rings is 1. The summed E-state index contributed by atoms with van der Waals surface area (Å²) in [5.41, 5.74) is 2.36. The standard InChI is InChI=1S/C21H25N5O4S/c1-15(27)22-16-3-6-18(7-4-16)31(28,29)26-11-9-25(10-12-26)14-21-23-19-8-5-17(30-2)13-20(19)24-21/h3-8,13H,9-12,14H2,1-2H3,(H,22,27)(H,23,24). The number of ether oxygens (including phenoxy) is 1. The highest BCUT2D eigenvalue weighted by atomic mass is 32.2. The molecular weight excluding hydrogens is 418 g/mol. The number of H-pyrrole nitrogens is 1. The second-order valence-corrected chi connectivity index (χ2v) is 9.39. The van der Waals surface area contributed by atoms with Gasteiger partial charge in [-0.25, -0.2) is 13.4 Å². The number of hydrogen-bond donors (Lipinski definition) is 2. The third kappa shape index (κ3) is 4.71. The minimum absolute atomic E-state index is 0.199. The number of piperazine rings is 1. The summed E-state index contributed by atoms with van der Waals surface area (Å²) < 4.78 is 32.7. The molecule has 0 bridgehead atoms. The number of aromatic nitrogens is 2. The van der Waals surface area contributed by atoms with Crippen molar-refractivity contribution in [2.75, 3.05) is 38.6 Å². The van der Waals surface area contributed by atoms with Gasteiger partial charge in [0.15, 0.2) is 0 Å². The Balaban J connectivity index is 1.38. The molecule has 1 aliphatic heterocycles. The van der Waals surface area contributed by atoms with Crippen molar-refractivity contribution >= 4 is 32.7 Å². The normalized spacial score (nSPS) is 15.8. The van der Waals surface area contributed by atoms with E-state index in [9.17, 15) is 13.2 Å². The van der Waals surface area contributed by atoms with Crippen LogP contribution in [0.25, 0.3) is 11.0 Å². The second kappa shape index (κ2) is 8.66. The van der Waals surface area contributed by atoms with Crippen molar-refractivity contribution in [3.63, 3.8) is 0 Å². The van der Waals surface area contributed by atoms with Crippen molar-refractivity contribution in [1.82, 2.24) is 19.2 Å². The largest absolute Gasteiger partial charge is 0.497 e. The van der Waals surface area contributed by atoms with Gasteiger partial charge >= 0.3 is 0 Å². The number of carbonyl (C=O) groups is 1. The van der Waals surface area contributed by atoms with Gasteiger partial charge in [-0.3, -0.25) is 9.69 Å². The van der Waals surface area contributed by atoms with Crippen molar-refractivity contribution in [2.24, 2.45) is 0 Å². The molecule has 1 fully saturated rings. The van der Waals surface area contributed by atoms with Crippen LogP contribution < -0.4 is 10.1 Å². The van der Waals surface area contributed by atoms with Gasteiger partial charge in [-0.15, -0.1) is 0 Å². The average Bonchev–Trinajstić information content (AvgIpc) is 3.15. The Morgan fingerprint density at radius 2 is 1.84 bits per heavy atom. The van der Waals surface area contributed by atoms with E-state index in [4.69, 9.17) is 4.74 Å². The molecule has 10 heteroatoms. The fraction of sp³-hybridized carbons (Fsp3) is 0.333. The molecule has 31 heavy (non-hydrogen) atoms. The van der Waals surface area contributed by atoms with Crippen LogP contribution in [-0.2, 0) is 21.4 Å². The number of aromatic amines is 1. The van der Waals surface area contributed by atoms with Gasteiger partial charge in [-0.1, -0.05) is 0 Å². The molecule has 4 rings (SSSR count). The lowest BCUT2D eigenvalue weighted by atomic mass is 10.3. The SMILES string of the molecule is COc1ccc2nc(CN3CCN(S(=O)(=O)c4ccc(NC(C)=O)cc4)CC3)[nH]c2c1. The van der Waals surface area contributed by atoms with Gasteiger partial charge in [0.05, 0.1) is 29.6 Å². The molecule has 1 aromatic heterocycles. The van der Waals surface area contributed by atoms with Crippen LogP contribution in [0.4, 0.5) is 5.69 Å². The summed E-state index contributed by atoms with van der Waals surface area (Å²) in [4.78, 5) is 21.5. The number of fused-ring (bicyclic) bond motifs is 1. The van der Waals surface area contributed by atoms with E-state index in [2.05, 4.69) is 20.2 Å². The molecule has 0 saturated carbocycles. The van der Waals surface area contributed by atoms with Gasteiger partial charge in [-0.05, 0) is 36.4 Å². The third-order valence-electron chi connectivity index (χ3n) is 5.26. The molecule has 1 aliphatic rings. The highest BCUT2D eigenvalue weighted by molar-refractivity contribution is 7.89. The van der Waals surface area contributed by atoms with E-state index in [1.165, 1.54) is 23.4 Å². The summed E-state index contributed by atoms with van der Waals surface area (Å²) in [6, 6.07) is 11.9. The van der Waals surface area contributed by atoms with Crippen LogP contribution in [0.15, 0.2) is 47.4 Å². The Morgan fingerprint density at radius 1 is 1.13 bits per heavy atom. The molecule has 9 nitrogen and oxygen atoms in total. The molecule has 0 spiro atoms. The van der Waals surface area contributed by atoms with E-state index >= 15 is 0 Å². The predicted octanol–water partition coefficient (Wildman–Crippen LogP) is 2.04. The van der Waals surface area contributed by atoms with Crippen LogP contribution in [0.1, 0.15) is 12.7 Å². The van der Waals surface area contributed by atoms with Crippen molar-refractivity contribution in [1.29, 1.82) is 0 Å². The van der Waals surface area contributed by atoms with Crippen LogP contribution >= 0.6 is 0 Å². The lowest BCUT2D eigenvalue weighted by molar-refractivity contribution is -0.114. The number of sulfonamides is 1. The van der Waals surface area contributed by atoms with E-state index in [1.807, 2.05) is 18.2 Å². The van der Waals surface area contributed by atoms with Gasteiger partial charge in [-0.2, -0.15) is 4.31 Å². The number of nitrogens with zero attached hydrogens (tertiary/aromatic N) is 3. The van der Waals surface area contributed by atoms with Gasteiger partial charge in [0.1, 0.15) is 11.6 Å². The zero-order valence-corrected chi connectivity index (χ0v) is 18.3. The fourth-order valence-electron chi connectivity index (χ4n) is 3.65. The monoisotopic (exact) mass is 443 g/mol. The number of rotatable bonds is 6. The van der Waals surface area contributed by atoms with E-state index in [-0.39, 0.29) is 10.8 Å². The van der Waals surface area contributed by atoms with Crippen LogP contribution in [0, 0.1) is 0 Å². The predicted molar refractivity (Wildman–Crippen MR) is 117 cm³/mol. The Hall–Kier alpha value is -2.95. The highest BCUT2D eigenvalue weighted by Crippen LogP contribution is 2.22. The Morgan fingerprint density at radius 3 is 2.48 bits per heavy atom. The number of methoxy groups -OCH3 is 1. The maximum atomic E-state index is 13.0. The van der Waals surface area contributed by atoms with E-state index < -0.39 is 10.0 Å². The minimum Gasteiger partial charge on any atom is -0.497 e. The quantitative estimate of drug-likeness (QED) is 0.604. The van der Waals surface area contributed by atoms with E-state index in [0.717, 1.165) is 22.6 Å². The summed E-state index contributed by atoms with van der Waals surface area (Å²) in [5, 5.41) is 2.64. The topological polar surface area (TPSA) is 108 Å². The molecule has 0 aliphatic carbocycles. The molecule has 2 N–H and O–H groups in total. The molecule has 3 aromatic rings. The first-order chi connectivity index (χ1) is 14.8. The number of hydrogen-bond acceptors (Lipinski definition) is 6.